The molecule has 4 aliphatic rings. The lowest BCUT2D eigenvalue weighted by Crippen LogP contribution is -2.37. The van der Waals surface area contributed by atoms with E-state index in [4.69, 9.17) is 4.74 Å². The second-order valence-corrected chi connectivity index (χ2v) is 9.76. The van der Waals surface area contributed by atoms with Gasteiger partial charge in [-0.05, 0) is 69.5 Å². The van der Waals surface area contributed by atoms with Crippen LogP contribution in [0.15, 0.2) is 34.5 Å². The lowest BCUT2D eigenvalue weighted by Gasteiger charge is -2.33. The molecule has 2 atom stereocenters. The Morgan fingerprint density at radius 1 is 1.30 bits per heavy atom. The van der Waals surface area contributed by atoms with E-state index < -0.39 is 12.3 Å². The Kier molecular flexibility index (Phi) is 5.68. The Hall–Kier alpha value is -2.81. The van der Waals surface area contributed by atoms with E-state index in [-0.39, 0.29) is 30.1 Å². The molecule has 0 bridgehead atoms. The Morgan fingerprint density at radius 3 is 2.85 bits per heavy atom. The van der Waals surface area contributed by atoms with Gasteiger partial charge in [-0.3, -0.25) is 14.7 Å². The van der Waals surface area contributed by atoms with E-state index in [0.29, 0.717) is 13.1 Å². The van der Waals surface area contributed by atoms with E-state index in [0.717, 1.165) is 41.8 Å². The number of allylic oxidation sites excluding steroid dienone is 1. The number of rotatable bonds is 5. The third kappa shape index (κ3) is 4.51. The number of nitrogens with one attached hydrogen (secondary N) is 1. The smallest absolute Gasteiger partial charge is 0.251 e. The molecule has 176 valence electrons. The third-order valence-corrected chi connectivity index (χ3v) is 6.74. The molecule has 0 aromatic heterocycles. The average Bonchev–Trinajstić information content (AvgIpc) is 3.32. The SMILES string of the molecule is CC1(C)Cc2cc(NC(=O)C3C=NN4C=CC=NC34)c(C3CCN(CC(F)F)CC3)cc2O1. The highest BCUT2D eigenvalue weighted by atomic mass is 19.3. The molecule has 33 heavy (non-hydrogen) atoms. The first kappa shape index (κ1) is 22.0. The monoisotopic (exact) mass is 457 g/mol. The summed E-state index contributed by atoms with van der Waals surface area (Å²) in [6.07, 6.45) is 6.49. The van der Waals surface area contributed by atoms with Crippen LogP contribution in [0.25, 0.3) is 0 Å². The van der Waals surface area contributed by atoms with Crippen LogP contribution in [0.1, 0.15) is 43.7 Å². The van der Waals surface area contributed by atoms with Gasteiger partial charge < -0.3 is 10.1 Å². The quantitative estimate of drug-likeness (QED) is 0.733. The second kappa shape index (κ2) is 8.52. The molecule has 4 aliphatic heterocycles. The van der Waals surface area contributed by atoms with Gasteiger partial charge in [-0.25, -0.2) is 13.8 Å². The summed E-state index contributed by atoms with van der Waals surface area (Å²) in [6.45, 7) is 5.13. The lowest BCUT2D eigenvalue weighted by molar-refractivity contribution is -0.118. The van der Waals surface area contributed by atoms with E-state index in [1.807, 2.05) is 30.9 Å². The molecule has 0 aliphatic carbocycles. The summed E-state index contributed by atoms with van der Waals surface area (Å²) < 4.78 is 31.8. The molecule has 9 heteroatoms. The second-order valence-electron chi connectivity index (χ2n) is 9.76. The molecule has 1 aromatic carbocycles. The number of likely N-dealkylation sites (tertiary alicyclic amines) is 1. The molecule has 1 aromatic rings. The van der Waals surface area contributed by atoms with Crippen molar-refractivity contribution in [2.24, 2.45) is 16.0 Å². The lowest BCUT2D eigenvalue weighted by atomic mass is 9.86. The third-order valence-electron chi connectivity index (χ3n) is 6.74. The van der Waals surface area contributed by atoms with Gasteiger partial charge in [0.15, 0.2) is 6.17 Å². The van der Waals surface area contributed by atoms with Gasteiger partial charge in [0.2, 0.25) is 5.91 Å². The zero-order chi connectivity index (χ0) is 23.2. The highest BCUT2D eigenvalue weighted by molar-refractivity contribution is 6.04. The van der Waals surface area contributed by atoms with Crippen LogP contribution < -0.4 is 10.1 Å². The van der Waals surface area contributed by atoms with E-state index >= 15 is 0 Å². The van der Waals surface area contributed by atoms with E-state index in [2.05, 4.69) is 15.4 Å². The molecule has 2 unspecified atom stereocenters. The average molecular weight is 458 g/mol. The molecule has 0 spiro atoms. The van der Waals surface area contributed by atoms with Crippen molar-refractivity contribution in [2.45, 2.75) is 57.2 Å². The normalized spacial score (nSPS) is 25.9. The summed E-state index contributed by atoms with van der Waals surface area (Å²) in [4.78, 5) is 19.5. The van der Waals surface area contributed by atoms with Crippen LogP contribution in [-0.2, 0) is 11.2 Å². The van der Waals surface area contributed by atoms with Gasteiger partial charge in [0.1, 0.15) is 17.3 Å². The number of ether oxygens (including phenoxy) is 1. The zero-order valence-electron chi connectivity index (χ0n) is 18.9. The van der Waals surface area contributed by atoms with Crippen LogP contribution in [0.3, 0.4) is 0 Å². The maximum Gasteiger partial charge on any atom is 0.251 e. The minimum Gasteiger partial charge on any atom is -0.487 e. The van der Waals surface area contributed by atoms with Crippen LogP contribution in [0.2, 0.25) is 0 Å². The van der Waals surface area contributed by atoms with Crippen LogP contribution in [0, 0.1) is 5.92 Å². The zero-order valence-corrected chi connectivity index (χ0v) is 18.9. The summed E-state index contributed by atoms with van der Waals surface area (Å²) in [7, 11) is 0. The molecule has 1 amide bonds. The number of hydrazone groups is 1. The Labute approximate surface area is 192 Å². The molecular weight excluding hydrogens is 428 g/mol. The van der Waals surface area contributed by atoms with Crippen molar-refractivity contribution in [3.8, 4) is 5.75 Å². The van der Waals surface area contributed by atoms with Gasteiger partial charge in [0, 0.05) is 36.3 Å². The Morgan fingerprint density at radius 2 is 2.09 bits per heavy atom. The molecule has 0 saturated carbocycles. The molecule has 1 N–H and O–H groups in total. The van der Waals surface area contributed by atoms with Crippen molar-refractivity contribution in [2.75, 3.05) is 25.0 Å². The minimum atomic E-state index is -2.32. The number of hydrogen-bond acceptors (Lipinski definition) is 6. The van der Waals surface area contributed by atoms with Crippen LogP contribution >= 0.6 is 0 Å². The topological polar surface area (TPSA) is 69.5 Å². The first-order chi connectivity index (χ1) is 15.8. The summed E-state index contributed by atoms with van der Waals surface area (Å²) in [5.74, 6) is 0.357. The van der Waals surface area contributed by atoms with Crippen LogP contribution in [-0.4, -0.2) is 66.1 Å². The van der Waals surface area contributed by atoms with Crippen molar-refractivity contribution in [1.29, 1.82) is 0 Å². The number of fused-ring (bicyclic) bond motifs is 2. The summed E-state index contributed by atoms with van der Waals surface area (Å²) in [5.41, 5.74) is 2.55. The predicted molar refractivity (Wildman–Crippen MR) is 123 cm³/mol. The minimum absolute atomic E-state index is 0.159. The summed E-state index contributed by atoms with van der Waals surface area (Å²) in [5, 5.41) is 9.11. The highest BCUT2D eigenvalue weighted by Gasteiger charge is 2.37. The number of aliphatic imine (C=N–C) groups is 1. The van der Waals surface area contributed by atoms with Crippen LogP contribution in [0.5, 0.6) is 5.75 Å². The van der Waals surface area contributed by atoms with Crippen molar-refractivity contribution in [1.82, 2.24) is 9.91 Å². The number of alkyl halides is 2. The number of hydrogen-bond donors (Lipinski definition) is 1. The number of carbonyl (C=O) groups excluding carboxylic acids is 1. The van der Waals surface area contributed by atoms with Crippen molar-refractivity contribution in [3.63, 3.8) is 0 Å². The maximum absolute atomic E-state index is 13.3. The van der Waals surface area contributed by atoms with Gasteiger partial charge in [0.05, 0.1) is 6.54 Å². The first-order valence-corrected chi connectivity index (χ1v) is 11.5. The standard InChI is InChI=1S/C24H29F2N5O2/c1-24(2)12-16-10-19(29-23(32)18-13-28-31-7-3-6-27-22(18)31)17(11-20(16)33-24)15-4-8-30(9-5-15)14-21(25)26/h3,6-7,10-11,13,15,18,21-22H,4-5,8-9,12,14H2,1-2H3,(H,29,32). The van der Waals surface area contributed by atoms with Gasteiger partial charge in [0.25, 0.3) is 6.43 Å². The number of anilines is 1. The largest absolute Gasteiger partial charge is 0.487 e. The predicted octanol–water partition coefficient (Wildman–Crippen LogP) is 3.62. The molecule has 0 radical (unpaired) electrons. The summed E-state index contributed by atoms with van der Waals surface area (Å²) in [6, 6.07) is 4.07. The van der Waals surface area contributed by atoms with Gasteiger partial charge in [-0.15, -0.1) is 0 Å². The number of benzene rings is 1. The maximum atomic E-state index is 13.3. The fourth-order valence-corrected chi connectivity index (χ4v) is 5.16. The number of piperidine rings is 1. The molecule has 1 fully saturated rings. The fraction of sp³-hybridized carbons (Fsp3) is 0.542. The van der Waals surface area contributed by atoms with E-state index in [9.17, 15) is 13.6 Å². The van der Waals surface area contributed by atoms with Gasteiger partial charge in [-0.2, -0.15) is 5.10 Å². The number of carbonyl (C=O) groups is 1. The molecule has 1 saturated heterocycles. The molecular formula is C24H29F2N5O2. The van der Waals surface area contributed by atoms with Gasteiger partial charge >= 0.3 is 0 Å². The highest BCUT2D eigenvalue weighted by Crippen LogP contribution is 2.43. The summed E-state index contributed by atoms with van der Waals surface area (Å²) >= 11 is 0. The van der Waals surface area contributed by atoms with E-state index in [1.54, 1.807) is 29.7 Å². The van der Waals surface area contributed by atoms with Crippen molar-refractivity contribution in [3.05, 3.63) is 35.5 Å². The van der Waals surface area contributed by atoms with Crippen LogP contribution in [0.4, 0.5) is 14.5 Å². The Bertz CT molecular complexity index is 1010. The number of halogens is 2. The van der Waals surface area contributed by atoms with Crippen molar-refractivity contribution >= 4 is 24.0 Å². The number of amides is 1. The molecule has 5 rings (SSSR count). The van der Waals surface area contributed by atoms with Crippen molar-refractivity contribution < 1.29 is 18.3 Å². The Balaban J connectivity index is 1.38. The molecule has 4 heterocycles. The van der Waals surface area contributed by atoms with E-state index in [1.165, 1.54) is 0 Å². The first-order valence-electron chi connectivity index (χ1n) is 11.5. The fourth-order valence-electron chi connectivity index (χ4n) is 5.16. The van der Waals surface area contributed by atoms with Gasteiger partial charge in [-0.1, -0.05) is 0 Å². The number of nitrogens with zero attached hydrogens (tertiary/aromatic N) is 4. The molecule has 7 nitrogen and oxygen atoms in total.